The Kier molecular flexibility index (Phi) is 12.1. The van der Waals surface area contributed by atoms with Crippen molar-refractivity contribution in [3.63, 3.8) is 0 Å². The molecule has 1 amide bonds. The molecule has 0 aromatic heterocycles. The van der Waals surface area contributed by atoms with Crippen LogP contribution in [0.4, 0.5) is 0 Å². The third kappa shape index (κ3) is 10.3. The molecule has 0 atom stereocenters. The summed E-state index contributed by atoms with van der Waals surface area (Å²) in [7, 11) is 1.85. The van der Waals surface area contributed by atoms with Gasteiger partial charge in [0.25, 0.3) is 0 Å². The Labute approximate surface area is 178 Å². The lowest BCUT2D eigenvalue weighted by Crippen LogP contribution is -2.50. The van der Waals surface area contributed by atoms with Crippen LogP contribution in [-0.4, -0.2) is 87.1 Å². The molecule has 0 aromatic carbocycles. The number of guanidine groups is 1. The number of nitrogens with zero attached hydrogens (tertiary/aromatic N) is 3. The number of nitrogens with one attached hydrogen (secondary N) is 3. The topological polar surface area (TPSA) is 72.0 Å². The van der Waals surface area contributed by atoms with Gasteiger partial charge in [0.05, 0.1) is 6.54 Å². The average molecular weight is 409 g/mol. The SMILES string of the molecule is CCCNC(=O)CN1CCC(NC(=NC)NCCCCCN2CCCCC2)CC1. The van der Waals surface area contributed by atoms with E-state index in [1.807, 2.05) is 7.05 Å². The van der Waals surface area contributed by atoms with Gasteiger partial charge in [-0.25, -0.2) is 0 Å². The van der Waals surface area contributed by atoms with Gasteiger partial charge < -0.3 is 20.9 Å². The number of likely N-dealkylation sites (tertiary alicyclic amines) is 2. The molecule has 0 saturated carbocycles. The number of aliphatic imine (C=N–C) groups is 1. The van der Waals surface area contributed by atoms with E-state index >= 15 is 0 Å². The summed E-state index contributed by atoms with van der Waals surface area (Å²) in [5.74, 6) is 1.07. The summed E-state index contributed by atoms with van der Waals surface area (Å²) >= 11 is 0. The van der Waals surface area contributed by atoms with Crippen LogP contribution in [-0.2, 0) is 4.79 Å². The number of rotatable bonds is 11. The fraction of sp³-hybridized carbons (Fsp3) is 0.909. The zero-order chi connectivity index (χ0) is 20.7. The smallest absolute Gasteiger partial charge is 0.234 e. The molecule has 29 heavy (non-hydrogen) atoms. The van der Waals surface area contributed by atoms with Crippen LogP contribution in [0.2, 0.25) is 0 Å². The van der Waals surface area contributed by atoms with Crippen LogP contribution in [0.15, 0.2) is 4.99 Å². The number of amides is 1. The molecule has 0 aromatic rings. The van der Waals surface area contributed by atoms with Crippen molar-refractivity contribution in [1.29, 1.82) is 0 Å². The second kappa shape index (κ2) is 14.6. The van der Waals surface area contributed by atoms with Gasteiger partial charge in [-0.15, -0.1) is 0 Å². The van der Waals surface area contributed by atoms with Gasteiger partial charge >= 0.3 is 0 Å². The Morgan fingerprint density at radius 3 is 2.38 bits per heavy atom. The predicted octanol–water partition coefficient (Wildman–Crippen LogP) is 1.80. The highest BCUT2D eigenvalue weighted by atomic mass is 16.2. The van der Waals surface area contributed by atoms with Crippen molar-refractivity contribution in [2.24, 2.45) is 4.99 Å². The van der Waals surface area contributed by atoms with Gasteiger partial charge in [0, 0.05) is 39.3 Å². The zero-order valence-electron chi connectivity index (χ0n) is 18.8. The third-order valence-electron chi connectivity index (χ3n) is 5.98. The summed E-state index contributed by atoms with van der Waals surface area (Å²) in [6, 6.07) is 0.440. The third-order valence-corrected chi connectivity index (χ3v) is 5.98. The molecule has 2 fully saturated rings. The van der Waals surface area contributed by atoms with Gasteiger partial charge in [-0.05, 0) is 64.6 Å². The molecule has 2 heterocycles. The highest BCUT2D eigenvalue weighted by Gasteiger charge is 2.21. The molecule has 0 radical (unpaired) electrons. The predicted molar refractivity (Wildman–Crippen MR) is 121 cm³/mol. The molecule has 0 unspecified atom stereocenters. The molecular formula is C22H44N6O. The van der Waals surface area contributed by atoms with Crippen LogP contribution < -0.4 is 16.0 Å². The van der Waals surface area contributed by atoms with Crippen molar-refractivity contribution >= 4 is 11.9 Å². The minimum absolute atomic E-state index is 0.149. The minimum atomic E-state index is 0.149. The lowest BCUT2D eigenvalue weighted by atomic mass is 10.1. The van der Waals surface area contributed by atoms with Crippen LogP contribution >= 0.6 is 0 Å². The van der Waals surface area contributed by atoms with Crippen LogP contribution in [0.1, 0.15) is 64.7 Å². The Balaban J connectivity index is 1.50. The number of unbranched alkanes of at least 4 members (excludes halogenated alkanes) is 2. The van der Waals surface area contributed by atoms with Crippen molar-refractivity contribution in [3.05, 3.63) is 0 Å². The number of carbonyl (C=O) groups is 1. The molecule has 0 aliphatic carbocycles. The van der Waals surface area contributed by atoms with Crippen molar-refractivity contribution in [2.75, 3.05) is 59.4 Å². The lowest BCUT2D eigenvalue weighted by molar-refractivity contribution is -0.122. The van der Waals surface area contributed by atoms with Crippen LogP contribution in [0, 0.1) is 0 Å². The highest BCUT2D eigenvalue weighted by Crippen LogP contribution is 2.11. The first-order chi connectivity index (χ1) is 14.2. The quantitative estimate of drug-likeness (QED) is 0.276. The maximum atomic E-state index is 11.9. The summed E-state index contributed by atoms with van der Waals surface area (Å²) in [5.41, 5.74) is 0. The molecule has 2 rings (SSSR count). The molecule has 168 valence electrons. The second-order valence-electron chi connectivity index (χ2n) is 8.51. The van der Waals surface area contributed by atoms with Crippen LogP contribution in [0.25, 0.3) is 0 Å². The van der Waals surface area contributed by atoms with E-state index in [1.165, 1.54) is 58.2 Å². The number of piperidine rings is 2. The number of carbonyl (C=O) groups excluding carboxylic acids is 1. The van der Waals surface area contributed by atoms with Crippen molar-refractivity contribution in [1.82, 2.24) is 25.8 Å². The van der Waals surface area contributed by atoms with Crippen molar-refractivity contribution < 1.29 is 4.79 Å². The number of hydrogen-bond donors (Lipinski definition) is 3. The Morgan fingerprint density at radius 2 is 1.69 bits per heavy atom. The molecule has 2 aliphatic rings. The summed E-state index contributed by atoms with van der Waals surface area (Å²) in [5, 5.41) is 9.99. The summed E-state index contributed by atoms with van der Waals surface area (Å²) in [4.78, 5) is 21.1. The van der Waals surface area contributed by atoms with E-state index in [4.69, 9.17) is 0 Å². The maximum absolute atomic E-state index is 11.9. The standard InChI is InChI=1S/C22H44N6O/c1-3-12-24-21(29)19-28-17-10-20(11-18-28)26-22(23-2)25-13-6-4-7-14-27-15-8-5-9-16-27/h20H,3-19H2,1-2H3,(H,24,29)(H2,23,25,26). The van der Waals surface area contributed by atoms with Crippen LogP contribution in [0.3, 0.4) is 0 Å². The van der Waals surface area contributed by atoms with E-state index in [1.54, 1.807) is 0 Å². The molecule has 0 bridgehead atoms. The normalized spacial score (nSPS) is 19.9. The van der Waals surface area contributed by atoms with Gasteiger partial charge in [0.1, 0.15) is 0 Å². The fourth-order valence-electron chi connectivity index (χ4n) is 4.17. The van der Waals surface area contributed by atoms with E-state index in [2.05, 4.69) is 37.7 Å². The van der Waals surface area contributed by atoms with Gasteiger partial charge in [-0.1, -0.05) is 19.8 Å². The Hall–Kier alpha value is -1.34. The van der Waals surface area contributed by atoms with E-state index in [0.717, 1.165) is 51.4 Å². The maximum Gasteiger partial charge on any atom is 0.234 e. The molecule has 7 nitrogen and oxygen atoms in total. The van der Waals surface area contributed by atoms with Crippen molar-refractivity contribution in [3.8, 4) is 0 Å². The first kappa shape index (κ1) is 23.9. The average Bonchev–Trinajstić information content (AvgIpc) is 2.75. The van der Waals surface area contributed by atoms with Gasteiger partial charge in [-0.3, -0.25) is 14.7 Å². The number of hydrogen-bond acceptors (Lipinski definition) is 4. The Morgan fingerprint density at radius 1 is 0.931 bits per heavy atom. The first-order valence-corrected chi connectivity index (χ1v) is 11.9. The molecule has 3 N–H and O–H groups in total. The van der Waals surface area contributed by atoms with Gasteiger partial charge in [0.2, 0.25) is 5.91 Å². The monoisotopic (exact) mass is 408 g/mol. The molecule has 0 spiro atoms. The molecule has 7 heteroatoms. The molecule has 2 aliphatic heterocycles. The van der Waals surface area contributed by atoms with Crippen molar-refractivity contribution in [2.45, 2.75) is 70.8 Å². The molecule has 2 saturated heterocycles. The fourth-order valence-corrected chi connectivity index (χ4v) is 4.17. The zero-order valence-corrected chi connectivity index (χ0v) is 18.8. The largest absolute Gasteiger partial charge is 0.356 e. The molecular weight excluding hydrogens is 364 g/mol. The van der Waals surface area contributed by atoms with Crippen LogP contribution in [0.5, 0.6) is 0 Å². The Bertz CT molecular complexity index is 470. The highest BCUT2D eigenvalue weighted by molar-refractivity contribution is 5.80. The van der Waals surface area contributed by atoms with E-state index in [0.29, 0.717) is 12.6 Å². The van der Waals surface area contributed by atoms with Gasteiger partial charge in [-0.2, -0.15) is 0 Å². The lowest BCUT2D eigenvalue weighted by Gasteiger charge is -2.32. The summed E-state index contributed by atoms with van der Waals surface area (Å²) < 4.78 is 0. The summed E-state index contributed by atoms with van der Waals surface area (Å²) in [6.07, 6.45) is 11.1. The first-order valence-electron chi connectivity index (χ1n) is 11.9. The van der Waals surface area contributed by atoms with E-state index in [-0.39, 0.29) is 5.91 Å². The minimum Gasteiger partial charge on any atom is -0.356 e. The van der Waals surface area contributed by atoms with E-state index in [9.17, 15) is 4.79 Å². The van der Waals surface area contributed by atoms with Gasteiger partial charge in [0.15, 0.2) is 5.96 Å². The summed E-state index contributed by atoms with van der Waals surface area (Å²) in [6.45, 7) is 10.2. The second-order valence-corrected chi connectivity index (χ2v) is 8.51. The van der Waals surface area contributed by atoms with E-state index < -0.39 is 0 Å².